The summed E-state index contributed by atoms with van der Waals surface area (Å²) in [5.41, 5.74) is 6.58. The largest absolute Gasteiger partial charge is 0.461 e. The predicted octanol–water partition coefficient (Wildman–Crippen LogP) is 3.22. The van der Waals surface area contributed by atoms with Crippen LogP contribution in [0.3, 0.4) is 0 Å². The Morgan fingerprint density at radius 3 is 2.47 bits per heavy atom. The van der Waals surface area contributed by atoms with E-state index in [4.69, 9.17) is 10.5 Å². The number of ether oxygens (including phenoxy) is 1. The van der Waals surface area contributed by atoms with Gasteiger partial charge in [0, 0.05) is 16.3 Å². The third-order valence-electron chi connectivity index (χ3n) is 2.51. The Hall–Kier alpha value is -1.94. The number of rotatable bonds is 5. The summed E-state index contributed by atoms with van der Waals surface area (Å²) in [7, 11) is 0. The number of nitrogen functional groups attached to an aromatic ring is 1. The van der Waals surface area contributed by atoms with E-state index in [2.05, 4.69) is 0 Å². The van der Waals surface area contributed by atoms with Crippen LogP contribution in [0.5, 0.6) is 0 Å². The maximum absolute atomic E-state index is 11.8. The van der Waals surface area contributed by atoms with Crippen LogP contribution in [0.25, 0.3) is 0 Å². The number of para-hydroxylation sites is 1. The second-order valence-electron chi connectivity index (χ2n) is 3.88. The van der Waals surface area contributed by atoms with Crippen LogP contribution in [0.2, 0.25) is 0 Å². The number of benzene rings is 2. The van der Waals surface area contributed by atoms with Crippen molar-refractivity contribution >= 4 is 23.4 Å². The van der Waals surface area contributed by atoms with Crippen LogP contribution >= 0.6 is 11.8 Å². The number of nitrogens with two attached hydrogens (primary N) is 1. The van der Waals surface area contributed by atoms with Crippen molar-refractivity contribution in [2.24, 2.45) is 0 Å². The SMILES string of the molecule is Nc1ccccc1C(=O)OCCSc1ccccc1. The number of esters is 1. The van der Waals surface area contributed by atoms with E-state index in [1.165, 1.54) is 0 Å². The van der Waals surface area contributed by atoms with Crippen molar-refractivity contribution < 1.29 is 9.53 Å². The van der Waals surface area contributed by atoms with Crippen molar-refractivity contribution in [1.29, 1.82) is 0 Å². The van der Waals surface area contributed by atoms with Crippen molar-refractivity contribution in [3.05, 3.63) is 60.2 Å². The first-order valence-electron chi connectivity index (χ1n) is 5.97. The Bertz CT molecular complexity index is 543. The fraction of sp³-hybridized carbons (Fsp3) is 0.133. The number of hydrogen-bond donors (Lipinski definition) is 1. The number of carbonyl (C=O) groups excluding carboxylic acids is 1. The molecule has 0 aliphatic heterocycles. The average molecular weight is 273 g/mol. The lowest BCUT2D eigenvalue weighted by molar-refractivity contribution is 0.0531. The Kier molecular flexibility index (Phi) is 4.86. The van der Waals surface area contributed by atoms with Crippen molar-refractivity contribution in [3.8, 4) is 0 Å². The molecule has 0 saturated heterocycles. The topological polar surface area (TPSA) is 52.3 Å². The molecule has 0 bridgehead atoms. The molecule has 0 aromatic heterocycles. The molecule has 2 aromatic rings. The average Bonchev–Trinajstić information content (AvgIpc) is 2.45. The van der Waals surface area contributed by atoms with E-state index in [1.807, 2.05) is 30.3 Å². The lowest BCUT2D eigenvalue weighted by atomic mass is 10.2. The van der Waals surface area contributed by atoms with Gasteiger partial charge in [-0.3, -0.25) is 0 Å². The molecule has 3 nitrogen and oxygen atoms in total. The van der Waals surface area contributed by atoms with E-state index < -0.39 is 0 Å². The van der Waals surface area contributed by atoms with Crippen LogP contribution < -0.4 is 5.73 Å². The first kappa shape index (κ1) is 13.5. The highest BCUT2D eigenvalue weighted by molar-refractivity contribution is 7.99. The molecule has 2 rings (SSSR count). The van der Waals surface area contributed by atoms with Crippen LogP contribution in [0.1, 0.15) is 10.4 Å². The van der Waals surface area contributed by atoms with E-state index in [9.17, 15) is 4.79 Å². The lowest BCUT2D eigenvalue weighted by Crippen LogP contribution is -2.10. The summed E-state index contributed by atoms with van der Waals surface area (Å²) >= 11 is 1.65. The number of hydrogen-bond acceptors (Lipinski definition) is 4. The quantitative estimate of drug-likeness (QED) is 0.393. The molecule has 2 N–H and O–H groups in total. The monoisotopic (exact) mass is 273 g/mol. The van der Waals surface area contributed by atoms with Crippen molar-refractivity contribution in [3.63, 3.8) is 0 Å². The first-order chi connectivity index (χ1) is 9.27. The molecule has 98 valence electrons. The van der Waals surface area contributed by atoms with E-state index in [-0.39, 0.29) is 5.97 Å². The third-order valence-corrected chi connectivity index (χ3v) is 3.49. The summed E-state index contributed by atoms with van der Waals surface area (Å²) in [6.07, 6.45) is 0. The van der Waals surface area contributed by atoms with Crippen molar-refractivity contribution in [1.82, 2.24) is 0 Å². The van der Waals surface area contributed by atoms with E-state index in [0.717, 1.165) is 10.6 Å². The van der Waals surface area contributed by atoms with E-state index >= 15 is 0 Å². The molecule has 0 unspecified atom stereocenters. The zero-order chi connectivity index (χ0) is 13.5. The molecule has 0 aliphatic rings. The van der Waals surface area contributed by atoms with Gasteiger partial charge >= 0.3 is 5.97 Å². The second kappa shape index (κ2) is 6.85. The van der Waals surface area contributed by atoms with Gasteiger partial charge in [-0.2, -0.15) is 0 Å². The number of thioether (sulfide) groups is 1. The lowest BCUT2D eigenvalue weighted by Gasteiger charge is -2.06. The first-order valence-corrected chi connectivity index (χ1v) is 6.95. The van der Waals surface area contributed by atoms with Crippen LogP contribution in [-0.4, -0.2) is 18.3 Å². The van der Waals surface area contributed by atoms with Gasteiger partial charge < -0.3 is 10.5 Å². The fourth-order valence-corrected chi connectivity index (χ4v) is 2.32. The summed E-state index contributed by atoms with van der Waals surface area (Å²) in [5, 5.41) is 0. The highest BCUT2D eigenvalue weighted by atomic mass is 32.2. The van der Waals surface area contributed by atoms with Crippen LogP contribution in [0, 0.1) is 0 Å². The summed E-state index contributed by atoms with van der Waals surface area (Å²) < 4.78 is 5.19. The van der Waals surface area contributed by atoms with Gasteiger partial charge in [0.15, 0.2) is 0 Å². The molecule has 0 heterocycles. The minimum absolute atomic E-state index is 0.368. The molecular formula is C15H15NO2S. The number of carbonyl (C=O) groups is 1. The van der Waals surface area contributed by atoms with Gasteiger partial charge in [0.2, 0.25) is 0 Å². The zero-order valence-electron chi connectivity index (χ0n) is 10.4. The van der Waals surface area contributed by atoms with Gasteiger partial charge in [-0.25, -0.2) is 4.79 Å². The maximum atomic E-state index is 11.8. The molecule has 0 atom stereocenters. The van der Waals surface area contributed by atoms with Crippen LogP contribution in [0.15, 0.2) is 59.5 Å². The van der Waals surface area contributed by atoms with Gasteiger partial charge in [0.1, 0.15) is 6.61 Å². The summed E-state index contributed by atoms with van der Waals surface area (Å²) in [5.74, 6) is 0.356. The second-order valence-corrected chi connectivity index (χ2v) is 5.05. The smallest absolute Gasteiger partial charge is 0.340 e. The molecular weight excluding hydrogens is 258 g/mol. The van der Waals surface area contributed by atoms with E-state index in [1.54, 1.807) is 36.0 Å². The zero-order valence-corrected chi connectivity index (χ0v) is 11.2. The Balaban J connectivity index is 1.77. The van der Waals surface area contributed by atoms with Crippen molar-refractivity contribution in [2.45, 2.75) is 4.90 Å². The minimum atomic E-state index is -0.369. The molecule has 0 fully saturated rings. The minimum Gasteiger partial charge on any atom is -0.461 e. The van der Waals surface area contributed by atoms with Crippen molar-refractivity contribution in [2.75, 3.05) is 18.1 Å². The summed E-state index contributed by atoms with van der Waals surface area (Å²) in [4.78, 5) is 12.9. The molecule has 0 radical (unpaired) electrons. The summed E-state index contributed by atoms with van der Waals surface area (Å²) in [6.45, 7) is 0.368. The van der Waals surface area contributed by atoms with Crippen LogP contribution in [0.4, 0.5) is 5.69 Å². The van der Waals surface area contributed by atoms with Gasteiger partial charge in [0.05, 0.1) is 5.56 Å². The third kappa shape index (κ3) is 4.03. The molecule has 0 amide bonds. The molecule has 0 aliphatic carbocycles. The molecule has 0 saturated carbocycles. The molecule has 0 spiro atoms. The maximum Gasteiger partial charge on any atom is 0.340 e. The fourth-order valence-electron chi connectivity index (χ4n) is 1.57. The molecule has 2 aromatic carbocycles. The Labute approximate surface area is 116 Å². The Morgan fingerprint density at radius 2 is 1.74 bits per heavy atom. The molecule has 19 heavy (non-hydrogen) atoms. The van der Waals surface area contributed by atoms with E-state index in [0.29, 0.717) is 17.9 Å². The highest BCUT2D eigenvalue weighted by Gasteiger charge is 2.09. The van der Waals surface area contributed by atoms with Gasteiger partial charge in [-0.15, -0.1) is 11.8 Å². The van der Waals surface area contributed by atoms with Gasteiger partial charge in [0.25, 0.3) is 0 Å². The van der Waals surface area contributed by atoms with Crippen LogP contribution in [-0.2, 0) is 4.74 Å². The molecule has 4 heteroatoms. The predicted molar refractivity (Wildman–Crippen MR) is 78.3 cm³/mol. The normalized spacial score (nSPS) is 10.1. The van der Waals surface area contributed by atoms with Gasteiger partial charge in [-0.1, -0.05) is 30.3 Å². The number of anilines is 1. The highest BCUT2D eigenvalue weighted by Crippen LogP contribution is 2.17. The Morgan fingerprint density at radius 1 is 1.05 bits per heavy atom. The summed E-state index contributed by atoms with van der Waals surface area (Å²) in [6, 6.07) is 16.9. The standard InChI is InChI=1S/C15H15NO2S/c16-14-9-5-4-8-13(14)15(17)18-10-11-19-12-6-2-1-3-7-12/h1-9H,10-11,16H2. The van der Waals surface area contributed by atoms with Gasteiger partial charge in [-0.05, 0) is 24.3 Å².